The first kappa shape index (κ1) is 17.6. The smallest absolute Gasteiger partial charge is 0.329 e. The van der Waals surface area contributed by atoms with Crippen molar-refractivity contribution in [1.29, 1.82) is 0 Å². The molecule has 1 aromatic rings. The molecule has 0 bridgehead atoms. The molecule has 1 aromatic carbocycles. The van der Waals surface area contributed by atoms with Crippen LogP contribution in [0.4, 0.5) is 0 Å². The Bertz CT molecular complexity index is 631. The van der Waals surface area contributed by atoms with Gasteiger partial charge in [0.15, 0.2) is 18.1 Å². The van der Waals surface area contributed by atoms with E-state index < -0.39 is 24.5 Å². The Hall–Kier alpha value is -2.77. The Labute approximate surface area is 139 Å². The molecule has 2 rings (SSSR count). The molecule has 1 aliphatic rings. The zero-order chi connectivity index (χ0) is 17.5. The summed E-state index contributed by atoms with van der Waals surface area (Å²) in [4.78, 5) is 34.5. The molecule has 130 valence electrons. The maximum absolute atomic E-state index is 11.7. The monoisotopic (exact) mass is 336 g/mol. The van der Waals surface area contributed by atoms with Gasteiger partial charge in [-0.15, -0.1) is 0 Å². The predicted octanol–water partition coefficient (Wildman–Crippen LogP) is 0.142. The summed E-state index contributed by atoms with van der Waals surface area (Å²) >= 11 is 0. The van der Waals surface area contributed by atoms with Crippen LogP contribution in [0, 0.1) is 0 Å². The van der Waals surface area contributed by atoms with Gasteiger partial charge in [-0.2, -0.15) is 0 Å². The van der Waals surface area contributed by atoms with Crippen molar-refractivity contribution in [2.75, 3.05) is 20.8 Å². The standard InChI is InChI=1S/C16H20N2O6/c1-22-12-5-3-10(7-13(12)23-2)8-17-15(20)9-24-16(21)11-4-6-14(19)18-11/h3,5,7,11H,4,6,8-9H2,1-2H3,(H,17,20)(H,18,19)/t11-/m1/s1. The summed E-state index contributed by atoms with van der Waals surface area (Å²) in [5, 5.41) is 5.13. The van der Waals surface area contributed by atoms with Crippen LogP contribution in [0.2, 0.25) is 0 Å². The molecule has 1 aliphatic heterocycles. The van der Waals surface area contributed by atoms with Gasteiger partial charge in [-0.1, -0.05) is 6.07 Å². The van der Waals surface area contributed by atoms with Gasteiger partial charge in [0.2, 0.25) is 5.91 Å². The van der Waals surface area contributed by atoms with E-state index in [4.69, 9.17) is 14.2 Å². The Morgan fingerprint density at radius 2 is 2.00 bits per heavy atom. The number of hydrogen-bond acceptors (Lipinski definition) is 6. The lowest BCUT2D eigenvalue weighted by molar-refractivity contribution is -0.150. The highest BCUT2D eigenvalue weighted by Crippen LogP contribution is 2.27. The minimum absolute atomic E-state index is 0.185. The molecule has 8 heteroatoms. The van der Waals surface area contributed by atoms with Crippen molar-refractivity contribution < 1.29 is 28.6 Å². The molecule has 2 N–H and O–H groups in total. The number of carbonyl (C=O) groups excluding carboxylic acids is 3. The van der Waals surface area contributed by atoms with Crippen molar-refractivity contribution in [1.82, 2.24) is 10.6 Å². The minimum Gasteiger partial charge on any atom is -0.493 e. The molecule has 1 saturated heterocycles. The summed E-state index contributed by atoms with van der Waals surface area (Å²) in [6, 6.07) is 4.63. The van der Waals surface area contributed by atoms with Crippen LogP contribution in [0.15, 0.2) is 18.2 Å². The van der Waals surface area contributed by atoms with E-state index in [1.807, 2.05) is 0 Å². The fourth-order valence-electron chi connectivity index (χ4n) is 2.27. The molecule has 0 spiro atoms. The van der Waals surface area contributed by atoms with E-state index in [0.29, 0.717) is 24.3 Å². The van der Waals surface area contributed by atoms with Crippen LogP contribution in [-0.4, -0.2) is 44.7 Å². The molecule has 1 heterocycles. The second kappa shape index (κ2) is 8.19. The van der Waals surface area contributed by atoms with Crippen molar-refractivity contribution >= 4 is 17.8 Å². The first-order valence-corrected chi connectivity index (χ1v) is 7.47. The summed E-state index contributed by atoms with van der Waals surface area (Å²) in [6.45, 7) is -0.130. The Kier molecular flexibility index (Phi) is 6.00. The number of amides is 2. The van der Waals surface area contributed by atoms with E-state index in [9.17, 15) is 14.4 Å². The normalized spacial score (nSPS) is 16.2. The molecule has 0 saturated carbocycles. The first-order chi connectivity index (χ1) is 11.5. The number of carbonyl (C=O) groups is 3. The summed E-state index contributed by atoms with van der Waals surface area (Å²) in [5.74, 6) is -0.0489. The summed E-state index contributed by atoms with van der Waals surface area (Å²) in [5.41, 5.74) is 0.815. The SMILES string of the molecule is COc1ccc(CNC(=O)COC(=O)[C@H]2CCC(=O)N2)cc1OC. The third kappa shape index (κ3) is 4.61. The summed E-state index contributed by atoms with van der Waals surface area (Å²) in [6.07, 6.45) is 0.691. The number of esters is 1. The number of hydrogen-bond donors (Lipinski definition) is 2. The van der Waals surface area contributed by atoms with Gasteiger partial charge in [-0.05, 0) is 24.1 Å². The molecule has 0 radical (unpaired) electrons. The third-order valence-electron chi connectivity index (χ3n) is 3.56. The highest BCUT2D eigenvalue weighted by Gasteiger charge is 2.28. The second-order valence-electron chi connectivity index (χ2n) is 5.23. The quantitative estimate of drug-likeness (QED) is 0.687. The lowest BCUT2D eigenvalue weighted by atomic mass is 10.2. The molecule has 24 heavy (non-hydrogen) atoms. The maximum atomic E-state index is 11.7. The second-order valence-corrected chi connectivity index (χ2v) is 5.23. The number of benzene rings is 1. The van der Waals surface area contributed by atoms with Crippen LogP contribution in [0.1, 0.15) is 18.4 Å². The van der Waals surface area contributed by atoms with E-state index in [1.165, 1.54) is 7.11 Å². The van der Waals surface area contributed by atoms with Crippen molar-refractivity contribution in [3.05, 3.63) is 23.8 Å². The van der Waals surface area contributed by atoms with Crippen LogP contribution < -0.4 is 20.1 Å². The van der Waals surface area contributed by atoms with Gasteiger partial charge in [0.1, 0.15) is 6.04 Å². The predicted molar refractivity (Wildman–Crippen MR) is 83.5 cm³/mol. The van der Waals surface area contributed by atoms with Gasteiger partial charge < -0.3 is 24.8 Å². The Morgan fingerprint density at radius 1 is 1.25 bits per heavy atom. The topological polar surface area (TPSA) is 103 Å². The average molecular weight is 336 g/mol. The van der Waals surface area contributed by atoms with Gasteiger partial charge in [-0.25, -0.2) is 4.79 Å². The highest BCUT2D eigenvalue weighted by molar-refractivity contribution is 5.89. The van der Waals surface area contributed by atoms with Gasteiger partial charge >= 0.3 is 5.97 Å². The van der Waals surface area contributed by atoms with Crippen LogP contribution in [0.3, 0.4) is 0 Å². The molecule has 0 aliphatic carbocycles. The minimum atomic E-state index is -0.656. The lowest BCUT2D eigenvalue weighted by Crippen LogP contribution is -2.37. The summed E-state index contributed by atoms with van der Waals surface area (Å²) < 4.78 is 15.2. The molecular formula is C16H20N2O6. The van der Waals surface area contributed by atoms with Crippen molar-refractivity contribution in [3.8, 4) is 11.5 Å². The van der Waals surface area contributed by atoms with E-state index >= 15 is 0 Å². The van der Waals surface area contributed by atoms with Crippen molar-refractivity contribution in [2.45, 2.75) is 25.4 Å². The van der Waals surface area contributed by atoms with E-state index in [0.717, 1.165) is 5.56 Å². The lowest BCUT2D eigenvalue weighted by Gasteiger charge is -2.11. The van der Waals surface area contributed by atoms with E-state index in [2.05, 4.69) is 10.6 Å². The Balaban J connectivity index is 1.77. The fraction of sp³-hybridized carbons (Fsp3) is 0.438. The fourth-order valence-corrected chi connectivity index (χ4v) is 2.27. The zero-order valence-electron chi connectivity index (χ0n) is 13.6. The summed E-state index contributed by atoms with van der Waals surface area (Å²) in [7, 11) is 3.07. The average Bonchev–Trinajstić information content (AvgIpc) is 3.04. The van der Waals surface area contributed by atoms with Crippen molar-refractivity contribution in [3.63, 3.8) is 0 Å². The molecule has 1 fully saturated rings. The van der Waals surface area contributed by atoms with Crippen LogP contribution in [0.5, 0.6) is 11.5 Å². The number of ether oxygens (including phenoxy) is 3. The molecule has 2 amide bonds. The molecular weight excluding hydrogens is 316 g/mol. The van der Waals surface area contributed by atoms with Gasteiger partial charge in [0.05, 0.1) is 14.2 Å². The van der Waals surface area contributed by atoms with Gasteiger partial charge in [0.25, 0.3) is 5.91 Å². The molecule has 0 unspecified atom stereocenters. The molecule has 8 nitrogen and oxygen atoms in total. The number of nitrogens with one attached hydrogen (secondary N) is 2. The Morgan fingerprint density at radius 3 is 2.62 bits per heavy atom. The third-order valence-corrected chi connectivity index (χ3v) is 3.56. The largest absolute Gasteiger partial charge is 0.493 e. The maximum Gasteiger partial charge on any atom is 0.329 e. The van der Waals surface area contributed by atoms with Gasteiger partial charge in [0, 0.05) is 13.0 Å². The first-order valence-electron chi connectivity index (χ1n) is 7.47. The van der Waals surface area contributed by atoms with E-state index in [-0.39, 0.29) is 12.5 Å². The van der Waals surface area contributed by atoms with Crippen LogP contribution in [0.25, 0.3) is 0 Å². The highest BCUT2D eigenvalue weighted by atomic mass is 16.5. The molecule has 1 atom stereocenters. The zero-order valence-corrected chi connectivity index (χ0v) is 13.6. The molecule has 0 aromatic heterocycles. The number of rotatable bonds is 7. The van der Waals surface area contributed by atoms with E-state index in [1.54, 1.807) is 25.3 Å². The number of methoxy groups -OCH3 is 2. The van der Waals surface area contributed by atoms with Gasteiger partial charge in [-0.3, -0.25) is 9.59 Å². The van der Waals surface area contributed by atoms with Crippen molar-refractivity contribution in [2.24, 2.45) is 0 Å². The van der Waals surface area contributed by atoms with Crippen LogP contribution in [-0.2, 0) is 25.7 Å². The van der Waals surface area contributed by atoms with Crippen LogP contribution >= 0.6 is 0 Å².